The van der Waals surface area contributed by atoms with Gasteiger partial charge in [-0.05, 0) is 56.8 Å². The van der Waals surface area contributed by atoms with Crippen molar-refractivity contribution in [3.05, 3.63) is 29.8 Å². The zero-order valence-corrected chi connectivity index (χ0v) is 14.8. The van der Waals surface area contributed by atoms with Gasteiger partial charge in [0.15, 0.2) is 6.61 Å². The number of hydrogen-bond acceptors (Lipinski definition) is 4. The Morgan fingerprint density at radius 2 is 1.96 bits per heavy atom. The normalized spacial score (nSPS) is 22.1. The van der Waals surface area contributed by atoms with Gasteiger partial charge in [0.1, 0.15) is 5.75 Å². The molecular weight excluding hydrogens is 318 g/mol. The van der Waals surface area contributed by atoms with E-state index in [1.54, 1.807) is 0 Å². The van der Waals surface area contributed by atoms with Crippen molar-refractivity contribution in [1.82, 2.24) is 9.80 Å². The van der Waals surface area contributed by atoms with E-state index in [9.17, 15) is 9.59 Å². The fourth-order valence-corrected chi connectivity index (χ4v) is 3.92. The minimum Gasteiger partial charge on any atom is -0.484 e. The van der Waals surface area contributed by atoms with Gasteiger partial charge in [-0.15, -0.1) is 0 Å². The molecule has 2 N–H and O–H groups in total. The maximum atomic E-state index is 12.4. The molecule has 6 heteroatoms. The van der Waals surface area contributed by atoms with E-state index in [2.05, 4.69) is 4.90 Å². The van der Waals surface area contributed by atoms with Crippen LogP contribution in [-0.2, 0) is 9.59 Å². The Labute approximate surface area is 148 Å². The van der Waals surface area contributed by atoms with Crippen molar-refractivity contribution >= 4 is 11.8 Å². The van der Waals surface area contributed by atoms with Gasteiger partial charge < -0.3 is 15.4 Å². The van der Waals surface area contributed by atoms with E-state index in [0.717, 1.165) is 43.5 Å². The molecule has 0 unspecified atom stereocenters. The molecule has 25 heavy (non-hydrogen) atoms. The molecule has 0 spiro atoms. The predicted molar refractivity (Wildman–Crippen MR) is 95.2 cm³/mol. The number of nitrogens with zero attached hydrogens (tertiary/aromatic N) is 2. The first-order valence-electron chi connectivity index (χ1n) is 9.07. The van der Waals surface area contributed by atoms with Crippen molar-refractivity contribution in [2.45, 2.75) is 44.7 Å². The van der Waals surface area contributed by atoms with Crippen molar-refractivity contribution in [1.29, 1.82) is 0 Å². The first kappa shape index (κ1) is 17.7. The summed E-state index contributed by atoms with van der Waals surface area (Å²) in [5, 5.41) is 0. The molecule has 2 aliphatic rings. The Morgan fingerprint density at radius 3 is 2.64 bits per heavy atom. The molecule has 0 bridgehead atoms. The smallest absolute Gasteiger partial charge is 0.260 e. The van der Waals surface area contributed by atoms with E-state index in [1.165, 1.54) is 0 Å². The molecule has 2 heterocycles. The Balaban J connectivity index is 1.47. The van der Waals surface area contributed by atoms with Crippen LogP contribution in [0.4, 0.5) is 0 Å². The van der Waals surface area contributed by atoms with Crippen LogP contribution in [0.1, 0.15) is 31.2 Å². The lowest BCUT2D eigenvalue weighted by molar-refractivity contribution is -0.135. The van der Waals surface area contributed by atoms with Crippen LogP contribution in [0, 0.1) is 6.92 Å². The number of hydrogen-bond donors (Lipinski definition) is 1. The van der Waals surface area contributed by atoms with E-state index in [-0.39, 0.29) is 24.5 Å². The second-order valence-corrected chi connectivity index (χ2v) is 7.02. The highest BCUT2D eigenvalue weighted by Crippen LogP contribution is 2.26. The van der Waals surface area contributed by atoms with Crippen LogP contribution in [0.2, 0.25) is 0 Å². The number of amides is 2. The molecule has 2 fully saturated rings. The van der Waals surface area contributed by atoms with Gasteiger partial charge in [0, 0.05) is 19.1 Å². The van der Waals surface area contributed by atoms with Crippen LogP contribution in [0.5, 0.6) is 5.75 Å². The predicted octanol–water partition coefficient (Wildman–Crippen LogP) is 1.31. The van der Waals surface area contributed by atoms with E-state index in [4.69, 9.17) is 10.5 Å². The van der Waals surface area contributed by atoms with Gasteiger partial charge in [-0.25, -0.2) is 0 Å². The van der Waals surface area contributed by atoms with Gasteiger partial charge in [-0.1, -0.05) is 12.1 Å². The number of piperidine rings is 1. The molecule has 0 aromatic heterocycles. The second kappa shape index (κ2) is 7.87. The molecule has 136 valence electrons. The summed E-state index contributed by atoms with van der Waals surface area (Å²) in [6, 6.07) is 7.93. The highest BCUT2D eigenvalue weighted by Gasteiger charge is 2.36. The third kappa shape index (κ3) is 4.31. The third-order valence-corrected chi connectivity index (χ3v) is 5.26. The summed E-state index contributed by atoms with van der Waals surface area (Å²) < 4.78 is 5.61. The third-order valence-electron chi connectivity index (χ3n) is 5.26. The Kier molecular flexibility index (Phi) is 5.58. The molecule has 6 nitrogen and oxygen atoms in total. The average molecular weight is 345 g/mol. The molecule has 0 aliphatic carbocycles. The van der Waals surface area contributed by atoms with Gasteiger partial charge in [0.2, 0.25) is 5.91 Å². The van der Waals surface area contributed by atoms with Crippen molar-refractivity contribution in [3.8, 4) is 5.75 Å². The highest BCUT2D eigenvalue weighted by molar-refractivity contribution is 5.80. The average Bonchev–Trinajstić information content (AvgIpc) is 3.10. The number of aryl methyl sites for hydroxylation is 1. The van der Waals surface area contributed by atoms with Gasteiger partial charge >= 0.3 is 0 Å². The first-order chi connectivity index (χ1) is 12.0. The van der Waals surface area contributed by atoms with Crippen molar-refractivity contribution in [2.75, 3.05) is 26.2 Å². The monoisotopic (exact) mass is 345 g/mol. The number of rotatable bonds is 5. The van der Waals surface area contributed by atoms with Crippen LogP contribution >= 0.6 is 0 Å². The minimum absolute atomic E-state index is 0.0211. The summed E-state index contributed by atoms with van der Waals surface area (Å²) in [5.74, 6) is 0.528. The van der Waals surface area contributed by atoms with Gasteiger partial charge in [0.25, 0.3) is 5.91 Å². The number of primary amides is 1. The first-order valence-corrected chi connectivity index (χ1v) is 9.07. The van der Waals surface area contributed by atoms with E-state index in [1.807, 2.05) is 36.1 Å². The van der Waals surface area contributed by atoms with E-state index >= 15 is 0 Å². The largest absolute Gasteiger partial charge is 0.484 e. The SMILES string of the molecule is Cc1cccc(OCC(=O)N2CCC(N3CCC[C@H]3C(N)=O)CC2)c1. The van der Waals surface area contributed by atoms with Gasteiger partial charge in [-0.3, -0.25) is 14.5 Å². The van der Waals surface area contributed by atoms with Crippen LogP contribution in [-0.4, -0.2) is 59.9 Å². The number of carbonyl (C=O) groups excluding carboxylic acids is 2. The van der Waals surface area contributed by atoms with Crippen molar-refractivity contribution in [3.63, 3.8) is 0 Å². The molecule has 1 atom stereocenters. The molecule has 0 radical (unpaired) electrons. The van der Waals surface area contributed by atoms with Crippen LogP contribution in [0.25, 0.3) is 0 Å². The zero-order chi connectivity index (χ0) is 17.8. The molecule has 1 aromatic rings. The maximum absolute atomic E-state index is 12.4. The molecule has 2 amide bonds. The summed E-state index contributed by atoms with van der Waals surface area (Å²) in [7, 11) is 0. The van der Waals surface area contributed by atoms with Gasteiger partial charge in [-0.2, -0.15) is 0 Å². The molecule has 2 saturated heterocycles. The lowest BCUT2D eigenvalue weighted by Gasteiger charge is -2.38. The van der Waals surface area contributed by atoms with Crippen LogP contribution < -0.4 is 10.5 Å². The second-order valence-electron chi connectivity index (χ2n) is 7.02. The number of benzene rings is 1. The lowest BCUT2D eigenvalue weighted by Crippen LogP contribution is -2.51. The Bertz CT molecular complexity index is 626. The standard InChI is InChI=1S/C19H27N3O3/c1-14-4-2-5-16(12-14)25-13-18(23)21-10-7-15(8-11-21)22-9-3-6-17(22)19(20)24/h2,4-5,12,15,17H,3,6-11,13H2,1H3,(H2,20,24)/t17-/m0/s1. The number of nitrogens with two attached hydrogens (primary N) is 1. The summed E-state index contributed by atoms with van der Waals surface area (Å²) >= 11 is 0. The van der Waals surface area contributed by atoms with E-state index < -0.39 is 0 Å². The number of carbonyl (C=O) groups is 2. The topological polar surface area (TPSA) is 75.9 Å². The Hall–Kier alpha value is -2.08. The summed E-state index contributed by atoms with van der Waals surface area (Å²) in [6.45, 7) is 4.42. The zero-order valence-electron chi connectivity index (χ0n) is 14.8. The quantitative estimate of drug-likeness (QED) is 0.873. The summed E-state index contributed by atoms with van der Waals surface area (Å²) in [6.07, 6.45) is 3.66. The highest BCUT2D eigenvalue weighted by atomic mass is 16.5. The molecule has 2 aliphatic heterocycles. The van der Waals surface area contributed by atoms with Crippen LogP contribution in [0.15, 0.2) is 24.3 Å². The lowest BCUT2D eigenvalue weighted by atomic mass is 10.0. The fourth-order valence-electron chi connectivity index (χ4n) is 3.92. The maximum Gasteiger partial charge on any atom is 0.260 e. The minimum atomic E-state index is -0.220. The van der Waals surface area contributed by atoms with Gasteiger partial charge in [0.05, 0.1) is 6.04 Å². The van der Waals surface area contributed by atoms with Crippen molar-refractivity contribution < 1.29 is 14.3 Å². The van der Waals surface area contributed by atoms with Crippen molar-refractivity contribution in [2.24, 2.45) is 5.73 Å². The van der Waals surface area contributed by atoms with Crippen LogP contribution in [0.3, 0.4) is 0 Å². The Morgan fingerprint density at radius 1 is 1.20 bits per heavy atom. The molecule has 3 rings (SSSR count). The molecule has 1 aromatic carbocycles. The number of likely N-dealkylation sites (tertiary alicyclic amines) is 2. The summed E-state index contributed by atoms with van der Waals surface area (Å²) in [5.41, 5.74) is 6.63. The number of ether oxygens (including phenoxy) is 1. The molecular formula is C19H27N3O3. The fraction of sp³-hybridized carbons (Fsp3) is 0.579. The molecule has 0 saturated carbocycles. The van der Waals surface area contributed by atoms with E-state index in [0.29, 0.717) is 19.1 Å². The summed E-state index contributed by atoms with van der Waals surface area (Å²) in [4.78, 5) is 28.0.